The third kappa shape index (κ3) is 5.26. The molecule has 20 heavy (non-hydrogen) atoms. The Morgan fingerprint density at radius 2 is 2.05 bits per heavy atom. The Balaban J connectivity index is 2.65. The molecule has 0 saturated heterocycles. The fourth-order valence-electron chi connectivity index (χ4n) is 1.76. The first-order valence-corrected chi connectivity index (χ1v) is 6.76. The van der Waals surface area contributed by atoms with Crippen molar-refractivity contribution in [3.63, 3.8) is 0 Å². The highest BCUT2D eigenvalue weighted by Crippen LogP contribution is 2.09. The Morgan fingerprint density at radius 1 is 1.35 bits per heavy atom. The van der Waals surface area contributed by atoms with E-state index in [0.29, 0.717) is 11.4 Å². The molecule has 0 atom stereocenters. The first-order valence-electron chi connectivity index (χ1n) is 6.76. The average molecular weight is 278 g/mol. The Bertz CT molecular complexity index is 486. The van der Waals surface area contributed by atoms with Crippen molar-refractivity contribution in [2.24, 2.45) is 0 Å². The van der Waals surface area contributed by atoms with Gasteiger partial charge < -0.3 is 16.4 Å². The number of hydrogen-bond acceptors (Lipinski definition) is 4. The van der Waals surface area contributed by atoms with E-state index in [1.165, 1.54) is 6.07 Å². The number of carbonyl (C=O) groups is 2. The lowest BCUT2D eigenvalue weighted by atomic mass is 10.1. The van der Waals surface area contributed by atoms with Crippen LogP contribution in [0.1, 0.15) is 43.2 Å². The molecule has 110 valence electrons. The smallest absolute Gasteiger partial charge is 0.251 e. The molecule has 0 unspecified atom stereocenters. The highest BCUT2D eigenvalue weighted by molar-refractivity contribution is 5.97. The monoisotopic (exact) mass is 278 g/mol. The van der Waals surface area contributed by atoms with Crippen LogP contribution in [0.3, 0.4) is 0 Å². The van der Waals surface area contributed by atoms with Gasteiger partial charge in [0, 0.05) is 17.3 Å². The second-order valence-electron chi connectivity index (χ2n) is 4.93. The Kier molecular flexibility index (Phi) is 5.96. The van der Waals surface area contributed by atoms with Crippen LogP contribution >= 0.6 is 0 Å². The minimum absolute atomic E-state index is 0.0483. The Morgan fingerprint density at radius 3 is 2.65 bits per heavy atom. The van der Waals surface area contributed by atoms with Crippen LogP contribution in [0.25, 0.3) is 0 Å². The molecule has 1 heterocycles. The molecule has 0 aliphatic heterocycles. The van der Waals surface area contributed by atoms with Gasteiger partial charge in [-0.2, -0.15) is 0 Å². The molecule has 1 aromatic rings. The van der Waals surface area contributed by atoms with E-state index in [2.05, 4.69) is 15.6 Å². The van der Waals surface area contributed by atoms with Gasteiger partial charge >= 0.3 is 0 Å². The molecule has 6 heteroatoms. The van der Waals surface area contributed by atoms with E-state index >= 15 is 0 Å². The number of aromatic nitrogens is 1. The average Bonchev–Trinajstić information content (AvgIpc) is 2.34. The number of pyridine rings is 1. The zero-order chi connectivity index (χ0) is 15.1. The summed E-state index contributed by atoms with van der Waals surface area (Å²) in [6.07, 6.45) is 1.69. The molecule has 0 aliphatic rings. The van der Waals surface area contributed by atoms with Gasteiger partial charge in [-0.3, -0.25) is 9.59 Å². The highest BCUT2D eigenvalue weighted by Gasteiger charge is 2.11. The summed E-state index contributed by atoms with van der Waals surface area (Å²) in [7, 11) is 0. The van der Waals surface area contributed by atoms with Gasteiger partial charge in [-0.05, 0) is 32.4 Å². The van der Waals surface area contributed by atoms with Gasteiger partial charge in [0.25, 0.3) is 5.91 Å². The summed E-state index contributed by atoms with van der Waals surface area (Å²) in [6, 6.07) is 3.26. The summed E-state index contributed by atoms with van der Waals surface area (Å²) in [5.41, 5.74) is 6.89. The van der Waals surface area contributed by atoms with Crippen LogP contribution in [0, 0.1) is 0 Å². The van der Waals surface area contributed by atoms with Crippen molar-refractivity contribution in [2.45, 2.75) is 39.7 Å². The summed E-state index contributed by atoms with van der Waals surface area (Å²) in [5.74, 6) is -0.229. The SMILES string of the molecule is CCCc1cc(C(=O)NCC(=O)NC(C)C)cc(N)n1. The molecule has 6 nitrogen and oxygen atoms in total. The predicted molar refractivity (Wildman–Crippen MR) is 78.3 cm³/mol. The third-order valence-electron chi connectivity index (χ3n) is 2.53. The lowest BCUT2D eigenvalue weighted by Crippen LogP contribution is -2.39. The number of nitrogens with two attached hydrogens (primary N) is 1. The molecule has 0 bridgehead atoms. The van der Waals surface area contributed by atoms with Gasteiger partial charge in [-0.25, -0.2) is 4.98 Å². The summed E-state index contributed by atoms with van der Waals surface area (Å²) >= 11 is 0. The topological polar surface area (TPSA) is 97.1 Å². The summed E-state index contributed by atoms with van der Waals surface area (Å²) in [4.78, 5) is 27.6. The van der Waals surface area contributed by atoms with E-state index in [1.807, 2.05) is 20.8 Å². The van der Waals surface area contributed by atoms with Crippen molar-refractivity contribution in [1.29, 1.82) is 0 Å². The number of hydrogen-bond donors (Lipinski definition) is 3. The molecule has 4 N–H and O–H groups in total. The van der Waals surface area contributed by atoms with Gasteiger partial charge in [-0.1, -0.05) is 13.3 Å². The van der Waals surface area contributed by atoms with Crippen LogP contribution in [-0.4, -0.2) is 29.4 Å². The number of carbonyl (C=O) groups excluding carboxylic acids is 2. The van der Waals surface area contributed by atoms with Crippen molar-refractivity contribution in [3.05, 3.63) is 23.4 Å². The normalized spacial score (nSPS) is 10.4. The maximum Gasteiger partial charge on any atom is 0.251 e. The Hall–Kier alpha value is -2.11. The standard InChI is InChI=1S/C14H22N4O2/c1-4-5-11-6-10(7-12(15)18-11)14(20)16-8-13(19)17-9(2)3/h6-7,9H,4-5,8H2,1-3H3,(H2,15,18)(H,16,20)(H,17,19). The molecule has 1 aromatic heterocycles. The van der Waals surface area contributed by atoms with Crippen LogP contribution < -0.4 is 16.4 Å². The predicted octanol–water partition coefficient (Wildman–Crippen LogP) is 0.871. The van der Waals surface area contributed by atoms with Gasteiger partial charge in [0.15, 0.2) is 0 Å². The molecule has 2 amide bonds. The molecule has 0 saturated carbocycles. The van der Waals surface area contributed by atoms with E-state index in [-0.39, 0.29) is 24.4 Å². The van der Waals surface area contributed by atoms with Crippen molar-refractivity contribution in [1.82, 2.24) is 15.6 Å². The highest BCUT2D eigenvalue weighted by atomic mass is 16.2. The summed E-state index contributed by atoms with van der Waals surface area (Å²) < 4.78 is 0. The van der Waals surface area contributed by atoms with E-state index in [9.17, 15) is 9.59 Å². The van der Waals surface area contributed by atoms with Crippen LogP contribution in [0.15, 0.2) is 12.1 Å². The minimum atomic E-state index is -0.324. The Labute approximate surface area is 119 Å². The largest absolute Gasteiger partial charge is 0.384 e. The van der Waals surface area contributed by atoms with Crippen LogP contribution in [0.5, 0.6) is 0 Å². The van der Waals surface area contributed by atoms with Crippen molar-refractivity contribution >= 4 is 17.6 Å². The quantitative estimate of drug-likeness (QED) is 0.719. The number of aryl methyl sites for hydroxylation is 1. The van der Waals surface area contributed by atoms with Crippen LogP contribution in [-0.2, 0) is 11.2 Å². The number of anilines is 1. The van der Waals surface area contributed by atoms with Gasteiger partial charge in [0.2, 0.25) is 5.91 Å². The van der Waals surface area contributed by atoms with Crippen LogP contribution in [0.4, 0.5) is 5.82 Å². The maximum atomic E-state index is 12.0. The summed E-state index contributed by atoms with van der Waals surface area (Å²) in [6.45, 7) is 5.70. The van der Waals surface area contributed by atoms with E-state index < -0.39 is 0 Å². The first-order chi connectivity index (χ1) is 9.42. The molecule has 0 aromatic carbocycles. The van der Waals surface area contributed by atoms with Gasteiger partial charge in [0.1, 0.15) is 5.82 Å². The fourth-order valence-corrected chi connectivity index (χ4v) is 1.76. The number of rotatable bonds is 6. The molecule has 0 aliphatic carbocycles. The summed E-state index contributed by atoms with van der Waals surface area (Å²) in [5, 5.41) is 5.27. The van der Waals surface area contributed by atoms with E-state index in [0.717, 1.165) is 18.5 Å². The third-order valence-corrected chi connectivity index (χ3v) is 2.53. The number of amides is 2. The zero-order valence-corrected chi connectivity index (χ0v) is 12.2. The van der Waals surface area contributed by atoms with Crippen LogP contribution in [0.2, 0.25) is 0 Å². The zero-order valence-electron chi connectivity index (χ0n) is 12.2. The van der Waals surface area contributed by atoms with E-state index in [4.69, 9.17) is 5.73 Å². The van der Waals surface area contributed by atoms with Crippen molar-refractivity contribution in [3.8, 4) is 0 Å². The molecule has 0 spiro atoms. The van der Waals surface area contributed by atoms with Gasteiger partial charge in [0.05, 0.1) is 6.54 Å². The molecular weight excluding hydrogens is 256 g/mol. The number of nitrogen functional groups attached to an aromatic ring is 1. The molecule has 1 rings (SSSR count). The van der Waals surface area contributed by atoms with Crippen molar-refractivity contribution < 1.29 is 9.59 Å². The lowest BCUT2D eigenvalue weighted by molar-refractivity contribution is -0.120. The second-order valence-corrected chi connectivity index (χ2v) is 4.93. The molecule has 0 fully saturated rings. The number of nitrogens with zero attached hydrogens (tertiary/aromatic N) is 1. The maximum absolute atomic E-state index is 12.0. The number of nitrogens with one attached hydrogen (secondary N) is 2. The van der Waals surface area contributed by atoms with E-state index in [1.54, 1.807) is 6.07 Å². The first kappa shape index (κ1) is 15.9. The second kappa shape index (κ2) is 7.47. The minimum Gasteiger partial charge on any atom is -0.384 e. The molecular formula is C14H22N4O2. The van der Waals surface area contributed by atoms with Crippen molar-refractivity contribution in [2.75, 3.05) is 12.3 Å². The molecule has 0 radical (unpaired) electrons. The fraction of sp³-hybridized carbons (Fsp3) is 0.500. The van der Waals surface area contributed by atoms with Gasteiger partial charge in [-0.15, -0.1) is 0 Å². The lowest BCUT2D eigenvalue weighted by Gasteiger charge is -2.10.